The maximum atomic E-state index is 12.9. The molecule has 0 aromatic heterocycles. The molecule has 1 aromatic rings. The van der Waals surface area contributed by atoms with Gasteiger partial charge in [0.25, 0.3) is 5.69 Å². The highest BCUT2D eigenvalue weighted by Crippen LogP contribution is 2.24. The van der Waals surface area contributed by atoms with Gasteiger partial charge in [-0.15, -0.1) is 0 Å². The standard InChI is InChI=1S/C58H107N3O7/c1-5-9-13-17-21-27-35-53(36-28-22-18-14-10-6-2)51-67-57(63)39-31-25-33-45-59(49-50-62)47-48-60(55-41-43-56(44-42-55)61(65)66)46-34-26-32-40-58(64)68-52-54(37-29-23-19-15-11-7-3)38-30-24-20-16-12-8-4/h41-44,53-54,62H,5-40,45-52H2,1-4H3. The lowest BCUT2D eigenvalue weighted by atomic mass is 9.94. The minimum Gasteiger partial charge on any atom is -0.465 e. The van der Waals surface area contributed by atoms with Crippen LogP contribution in [0.25, 0.3) is 0 Å². The van der Waals surface area contributed by atoms with E-state index < -0.39 is 0 Å². The molecule has 0 heterocycles. The van der Waals surface area contributed by atoms with Crippen LogP contribution in [0.1, 0.15) is 259 Å². The van der Waals surface area contributed by atoms with E-state index in [1.54, 1.807) is 12.1 Å². The van der Waals surface area contributed by atoms with E-state index in [0.717, 1.165) is 89.5 Å². The first-order valence-corrected chi connectivity index (χ1v) is 28.9. The molecule has 1 aromatic carbocycles. The molecular weight excluding hydrogens is 851 g/mol. The number of esters is 2. The second-order valence-electron chi connectivity index (χ2n) is 20.3. The van der Waals surface area contributed by atoms with E-state index in [2.05, 4.69) is 37.5 Å². The van der Waals surface area contributed by atoms with Gasteiger partial charge in [-0.05, 0) is 81.9 Å². The molecule has 10 nitrogen and oxygen atoms in total. The van der Waals surface area contributed by atoms with Crippen LogP contribution in [0.5, 0.6) is 0 Å². The van der Waals surface area contributed by atoms with E-state index in [0.29, 0.717) is 51.0 Å². The number of aliphatic hydroxyl groups is 1. The smallest absolute Gasteiger partial charge is 0.305 e. The molecule has 0 spiro atoms. The summed E-state index contributed by atoms with van der Waals surface area (Å²) >= 11 is 0. The Morgan fingerprint density at radius 3 is 1.24 bits per heavy atom. The van der Waals surface area contributed by atoms with E-state index in [4.69, 9.17) is 9.47 Å². The SMILES string of the molecule is CCCCCCCCC(CCCCCCCC)COC(=O)CCCCCN(CCO)CCN(CCCCCC(=O)OCC(CCCCCCCC)CCCCCCCC)c1ccc([N+](=O)[O-])cc1. The molecule has 1 rings (SSSR count). The van der Waals surface area contributed by atoms with Crippen molar-refractivity contribution in [1.82, 2.24) is 4.90 Å². The zero-order chi connectivity index (χ0) is 49.6. The highest BCUT2D eigenvalue weighted by Gasteiger charge is 2.16. The molecule has 396 valence electrons. The molecule has 68 heavy (non-hydrogen) atoms. The Bertz CT molecular complexity index is 1260. The Balaban J connectivity index is 2.60. The van der Waals surface area contributed by atoms with Gasteiger partial charge in [-0.2, -0.15) is 0 Å². The molecule has 0 bridgehead atoms. The number of nitro benzene ring substituents is 1. The fourth-order valence-corrected chi connectivity index (χ4v) is 9.47. The number of nitro groups is 1. The molecule has 10 heteroatoms. The molecule has 0 aliphatic heterocycles. The lowest BCUT2D eigenvalue weighted by molar-refractivity contribution is -0.384. The van der Waals surface area contributed by atoms with Gasteiger partial charge >= 0.3 is 11.9 Å². The summed E-state index contributed by atoms with van der Waals surface area (Å²) in [7, 11) is 0. The van der Waals surface area contributed by atoms with Crippen molar-refractivity contribution in [2.75, 3.05) is 57.4 Å². The number of ether oxygens (including phenoxy) is 2. The van der Waals surface area contributed by atoms with Gasteiger partial charge in [0.15, 0.2) is 0 Å². The molecule has 0 fully saturated rings. The number of rotatable bonds is 51. The first-order chi connectivity index (χ1) is 33.3. The van der Waals surface area contributed by atoms with E-state index in [1.165, 1.54) is 154 Å². The maximum absolute atomic E-state index is 12.9. The molecule has 0 saturated carbocycles. The van der Waals surface area contributed by atoms with Crippen molar-refractivity contribution in [1.29, 1.82) is 0 Å². The highest BCUT2D eigenvalue weighted by molar-refractivity contribution is 5.69. The zero-order valence-electron chi connectivity index (χ0n) is 44.8. The fraction of sp³-hybridized carbons (Fsp3) is 0.862. The van der Waals surface area contributed by atoms with E-state index in [1.807, 2.05) is 12.1 Å². The first kappa shape index (κ1) is 63.3. The molecule has 1 N–H and O–H groups in total. The van der Waals surface area contributed by atoms with Crippen molar-refractivity contribution >= 4 is 23.3 Å². The van der Waals surface area contributed by atoms with Gasteiger partial charge in [-0.3, -0.25) is 24.6 Å². The number of hydrogen-bond acceptors (Lipinski definition) is 9. The number of benzene rings is 1. The summed E-state index contributed by atoms with van der Waals surface area (Å²) in [6, 6.07) is 6.77. The van der Waals surface area contributed by atoms with Crippen LogP contribution in [0.2, 0.25) is 0 Å². The predicted molar refractivity (Wildman–Crippen MR) is 287 cm³/mol. The number of carbonyl (C=O) groups is 2. The quantitative estimate of drug-likeness (QED) is 0.0294. The number of anilines is 1. The maximum Gasteiger partial charge on any atom is 0.305 e. The van der Waals surface area contributed by atoms with Crippen LogP contribution in [0, 0.1) is 22.0 Å². The van der Waals surface area contributed by atoms with Crippen molar-refractivity contribution in [3.8, 4) is 0 Å². The number of aliphatic hydroxyl groups excluding tert-OH is 1. The largest absolute Gasteiger partial charge is 0.465 e. The summed E-state index contributed by atoms with van der Waals surface area (Å²) in [5.41, 5.74) is 1.00. The fourth-order valence-electron chi connectivity index (χ4n) is 9.47. The van der Waals surface area contributed by atoms with Crippen molar-refractivity contribution < 1.29 is 29.1 Å². The van der Waals surface area contributed by atoms with E-state index in [9.17, 15) is 24.8 Å². The average molecular weight is 959 g/mol. The van der Waals surface area contributed by atoms with Crippen LogP contribution in [0.15, 0.2) is 24.3 Å². The Kier molecular flexibility index (Phi) is 43.4. The molecule has 0 aliphatic carbocycles. The van der Waals surface area contributed by atoms with Gasteiger partial charge in [-0.1, -0.05) is 195 Å². The van der Waals surface area contributed by atoms with Crippen molar-refractivity contribution in [2.45, 2.75) is 259 Å². The monoisotopic (exact) mass is 958 g/mol. The Labute approximate surface area is 418 Å². The van der Waals surface area contributed by atoms with Gasteiger partial charge in [0.2, 0.25) is 0 Å². The van der Waals surface area contributed by atoms with Crippen molar-refractivity contribution in [2.24, 2.45) is 11.8 Å². The van der Waals surface area contributed by atoms with Gasteiger partial charge in [0, 0.05) is 56.8 Å². The number of non-ortho nitro benzene ring substituents is 1. The number of hydrogen-bond donors (Lipinski definition) is 1. The second-order valence-corrected chi connectivity index (χ2v) is 20.3. The number of carbonyl (C=O) groups excluding carboxylic acids is 2. The summed E-state index contributed by atoms with van der Waals surface area (Å²) in [4.78, 5) is 41.3. The highest BCUT2D eigenvalue weighted by atomic mass is 16.6. The van der Waals surface area contributed by atoms with Gasteiger partial charge in [-0.25, -0.2) is 0 Å². The van der Waals surface area contributed by atoms with E-state index in [-0.39, 0.29) is 29.2 Å². The van der Waals surface area contributed by atoms with Gasteiger partial charge < -0.3 is 19.5 Å². The van der Waals surface area contributed by atoms with Crippen LogP contribution in [0.3, 0.4) is 0 Å². The van der Waals surface area contributed by atoms with Gasteiger partial charge in [0.1, 0.15) is 0 Å². The summed E-state index contributed by atoms with van der Waals surface area (Å²) < 4.78 is 11.7. The molecule has 0 atom stereocenters. The Hall–Kier alpha value is -2.72. The van der Waals surface area contributed by atoms with Crippen molar-refractivity contribution in [3.05, 3.63) is 34.4 Å². The van der Waals surface area contributed by atoms with Crippen LogP contribution in [-0.4, -0.2) is 79.4 Å². The third-order valence-corrected chi connectivity index (χ3v) is 14.0. The lowest BCUT2D eigenvalue weighted by Crippen LogP contribution is -2.37. The lowest BCUT2D eigenvalue weighted by Gasteiger charge is -2.29. The van der Waals surface area contributed by atoms with Crippen LogP contribution in [0.4, 0.5) is 11.4 Å². The summed E-state index contributed by atoms with van der Waals surface area (Å²) in [5.74, 6) is 0.771. The van der Waals surface area contributed by atoms with Crippen LogP contribution < -0.4 is 4.90 Å². The molecule has 0 radical (unpaired) electrons. The first-order valence-electron chi connectivity index (χ1n) is 28.9. The second kappa shape index (κ2) is 46.7. The zero-order valence-corrected chi connectivity index (χ0v) is 44.8. The molecular formula is C58H107N3O7. The minimum atomic E-state index is -0.368. The summed E-state index contributed by atoms with van der Waals surface area (Å²) in [6.07, 6.45) is 41.6. The van der Waals surface area contributed by atoms with E-state index >= 15 is 0 Å². The molecule has 0 unspecified atom stereocenters. The molecule has 0 aliphatic rings. The van der Waals surface area contributed by atoms with Crippen LogP contribution in [-0.2, 0) is 19.1 Å². The average Bonchev–Trinajstić information content (AvgIpc) is 3.34. The summed E-state index contributed by atoms with van der Waals surface area (Å²) in [6.45, 7) is 13.8. The summed E-state index contributed by atoms with van der Waals surface area (Å²) in [5, 5.41) is 21.3. The third-order valence-electron chi connectivity index (χ3n) is 14.0. The van der Waals surface area contributed by atoms with Crippen molar-refractivity contribution in [3.63, 3.8) is 0 Å². The molecule has 0 amide bonds. The normalized spacial score (nSPS) is 11.6. The third kappa shape index (κ3) is 37.2. The topological polar surface area (TPSA) is 122 Å². The number of unbranched alkanes of at least 4 members (excludes halogenated alkanes) is 24. The Morgan fingerprint density at radius 2 is 0.853 bits per heavy atom. The molecule has 0 saturated heterocycles. The van der Waals surface area contributed by atoms with Gasteiger partial charge in [0.05, 0.1) is 24.7 Å². The minimum absolute atomic E-state index is 0.0669. The predicted octanol–water partition coefficient (Wildman–Crippen LogP) is 16.1. The van der Waals surface area contributed by atoms with Crippen LogP contribution >= 0.6 is 0 Å². The number of nitrogens with zero attached hydrogens (tertiary/aromatic N) is 3. The Morgan fingerprint density at radius 1 is 0.485 bits per heavy atom.